The summed E-state index contributed by atoms with van der Waals surface area (Å²) < 4.78 is 5.98. The van der Waals surface area contributed by atoms with Crippen LogP contribution in [0.25, 0.3) is 0 Å². The molecule has 5 heteroatoms. The highest BCUT2D eigenvalue weighted by atomic mass is 35.5. The Morgan fingerprint density at radius 1 is 1.00 bits per heavy atom. The van der Waals surface area contributed by atoms with Gasteiger partial charge in [-0.25, -0.2) is 4.79 Å². The molecule has 2 fully saturated rings. The highest BCUT2D eigenvalue weighted by Gasteiger charge is 2.54. The first kappa shape index (κ1) is 20.6. The van der Waals surface area contributed by atoms with Gasteiger partial charge in [-0.05, 0) is 90.0 Å². The monoisotopic (exact) mass is 459 g/mol. The van der Waals surface area contributed by atoms with Crippen LogP contribution >= 0.6 is 11.6 Å². The van der Waals surface area contributed by atoms with Gasteiger partial charge < -0.3 is 15.2 Å². The van der Waals surface area contributed by atoms with Gasteiger partial charge in [0.05, 0.1) is 17.3 Å². The molecule has 168 valence electrons. The van der Waals surface area contributed by atoms with Crippen LogP contribution in [0, 0.1) is 17.8 Å². The lowest BCUT2D eigenvalue weighted by Gasteiger charge is -2.44. The number of para-hydroxylation sites is 1. The van der Waals surface area contributed by atoms with Crippen LogP contribution in [0.15, 0.2) is 66.7 Å². The quantitative estimate of drug-likeness (QED) is 0.435. The Morgan fingerprint density at radius 3 is 2.52 bits per heavy atom. The van der Waals surface area contributed by atoms with Gasteiger partial charge in [0.25, 0.3) is 0 Å². The summed E-state index contributed by atoms with van der Waals surface area (Å²) in [7, 11) is 0. The number of hydrogen-bond acceptors (Lipinski definition) is 3. The number of rotatable bonds is 5. The Balaban J connectivity index is 1.28. The van der Waals surface area contributed by atoms with E-state index in [0.717, 1.165) is 22.0 Å². The molecule has 0 spiro atoms. The number of ether oxygens (including phenoxy) is 1. The number of carboxylic acid groups (broad SMARTS) is 1. The summed E-state index contributed by atoms with van der Waals surface area (Å²) in [5.41, 5.74) is 4.65. The standard InChI is InChI=1S/C28H26ClNO3/c29-20-10-4-16(5-11-20)15-33-21-12-8-17(9-13-21)26-25-19-7-6-18(14-19)24(25)22-2-1-3-23(28(31)32)27(22)30-26/h1-5,8-13,18-19,24-26,30H,6-7,14-15H2,(H,31,32)/t18-,19-,24-,25+,26+/m0/s1. The summed E-state index contributed by atoms with van der Waals surface area (Å²) in [6.45, 7) is 0.488. The average molecular weight is 460 g/mol. The molecule has 2 saturated carbocycles. The number of hydrogen-bond donors (Lipinski definition) is 2. The van der Waals surface area contributed by atoms with Gasteiger partial charge in [-0.15, -0.1) is 0 Å². The van der Waals surface area contributed by atoms with Crippen LogP contribution in [-0.2, 0) is 6.61 Å². The molecule has 3 aromatic rings. The summed E-state index contributed by atoms with van der Waals surface area (Å²) in [6.07, 6.45) is 3.79. The average Bonchev–Trinajstić information content (AvgIpc) is 3.46. The Morgan fingerprint density at radius 2 is 1.76 bits per heavy atom. The molecule has 5 atom stereocenters. The van der Waals surface area contributed by atoms with Gasteiger partial charge in [-0.2, -0.15) is 0 Å². The van der Waals surface area contributed by atoms with E-state index in [1.165, 1.54) is 30.4 Å². The minimum Gasteiger partial charge on any atom is -0.489 e. The smallest absolute Gasteiger partial charge is 0.337 e. The van der Waals surface area contributed by atoms with Crippen molar-refractivity contribution in [3.05, 3.63) is 94.0 Å². The molecule has 33 heavy (non-hydrogen) atoms. The van der Waals surface area contributed by atoms with Gasteiger partial charge in [0.2, 0.25) is 0 Å². The molecule has 0 aromatic heterocycles. The Hall–Kier alpha value is -2.98. The normalized spacial score (nSPS) is 26.9. The maximum Gasteiger partial charge on any atom is 0.337 e. The van der Waals surface area contributed by atoms with Gasteiger partial charge in [-0.1, -0.05) is 48.0 Å². The lowest BCUT2D eigenvalue weighted by atomic mass is 9.67. The minimum atomic E-state index is -0.870. The van der Waals surface area contributed by atoms with Gasteiger partial charge in [-0.3, -0.25) is 0 Å². The highest BCUT2D eigenvalue weighted by molar-refractivity contribution is 6.30. The van der Waals surface area contributed by atoms with Crippen molar-refractivity contribution in [2.75, 3.05) is 5.32 Å². The van der Waals surface area contributed by atoms with Crippen LogP contribution in [0.2, 0.25) is 5.02 Å². The third kappa shape index (κ3) is 3.57. The van der Waals surface area contributed by atoms with Crippen LogP contribution in [0.5, 0.6) is 5.75 Å². The predicted octanol–water partition coefficient (Wildman–Crippen LogP) is 6.91. The molecule has 0 amide bonds. The van der Waals surface area contributed by atoms with E-state index in [1.807, 2.05) is 42.5 Å². The predicted molar refractivity (Wildman–Crippen MR) is 129 cm³/mol. The number of nitrogens with one attached hydrogen (secondary N) is 1. The fourth-order valence-electron chi connectivity index (χ4n) is 6.54. The second-order valence-electron chi connectivity index (χ2n) is 9.62. The van der Waals surface area contributed by atoms with E-state index in [4.69, 9.17) is 16.3 Å². The highest BCUT2D eigenvalue weighted by Crippen LogP contribution is 2.64. The molecule has 2 bridgehead atoms. The summed E-state index contributed by atoms with van der Waals surface area (Å²) in [5, 5.41) is 14.2. The van der Waals surface area contributed by atoms with Crippen molar-refractivity contribution in [3.8, 4) is 5.75 Å². The zero-order chi connectivity index (χ0) is 22.5. The summed E-state index contributed by atoms with van der Waals surface area (Å²) in [6, 6.07) is 21.8. The molecular weight excluding hydrogens is 434 g/mol. The van der Waals surface area contributed by atoms with Gasteiger partial charge >= 0.3 is 5.97 Å². The second kappa shape index (κ2) is 8.11. The van der Waals surface area contributed by atoms with E-state index in [-0.39, 0.29) is 6.04 Å². The summed E-state index contributed by atoms with van der Waals surface area (Å²) in [5.74, 6) is 2.24. The number of carbonyl (C=O) groups is 1. The molecule has 1 heterocycles. The first-order chi connectivity index (χ1) is 16.1. The molecular formula is C28H26ClNO3. The minimum absolute atomic E-state index is 0.114. The van der Waals surface area contributed by atoms with E-state index in [0.29, 0.717) is 35.8 Å². The fraction of sp³-hybridized carbons (Fsp3) is 0.321. The molecule has 3 aliphatic rings. The van der Waals surface area contributed by atoms with Crippen LogP contribution in [0.1, 0.15) is 58.3 Å². The van der Waals surface area contributed by atoms with Crippen molar-refractivity contribution in [1.29, 1.82) is 0 Å². The van der Waals surface area contributed by atoms with Crippen LogP contribution in [0.4, 0.5) is 5.69 Å². The topological polar surface area (TPSA) is 58.6 Å². The van der Waals surface area contributed by atoms with E-state index in [2.05, 4.69) is 23.5 Å². The van der Waals surface area contributed by atoms with Crippen LogP contribution < -0.4 is 10.1 Å². The maximum atomic E-state index is 12.0. The molecule has 0 radical (unpaired) electrons. The summed E-state index contributed by atoms with van der Waals surface area (Å²) in [4.78, 5) is 12.0. The zero-order valence-electron chi connectivity index (χ0n) is 18.2. The zero-order valence-corrected chi connectivity index (χ0v) is 19.0. The molecule has 1 aliphatic heterocycles. The van der Waals surface area contributed by atoms with E-state index >= 15 is 0 Å². The van der Waals surface area contributed by atoms with E-state index < -0.39 is 5.97 Å². The largest absolute Gasteiger partial charge is 0.489 e. The molecule has 6 rings (SSSR count). The second-order valence-corrected chi connectivity index (χ2v) is 10.1. The molecule has 2 N–H and O–H groups in total. The number of carboxylic acids is 1. The van der Waals surface area contributed by atoms with Gasteiger partial charge in [0, 0.05) is 5.02 Å². The Labute approximate surface area is 198 Å². The molecule has 4 nitrogen and oxygen atoms in total. The molecule has 2 aliphatic carbocycles. The molecule has 3 aromatic carbocycles. The Bertz CT molecular complexity index is 1190. The number of halogens is 1. The third-order valence-electron chi connectivity index (χ3n) is 7.91. The first-order valence-electron chi connectivity index (χ1n) is 11.7. The first-order valence-corrected chi connectivity index (χ1v) is 12.1. The van der Waals surface area contributed by atoms with Crippen LogP contribution in [0.3, 0.4) is 0 Å². The summed E-state index contributed by atoms with van der Waals surface area (Å²) >= 11 is 5.96. The lowest BCUT2D eigenvalue weighted by Crippen LogP contribution is -2.36. The molecule has 0 unspecified atom stereocenters. The number of fused-ring (bicyclic) bond motifs is 7. The van der Waals surface area contributed by atoms with Gasteiger partial charge in [0.1, 0.15) is 12.4 Å². The maximum absolute atomic E-state index is 12.0. The van der Waals surface area contributed by atoms with Crippen molar-refractivity contribution in [3.63, 3.8) is 0 Å². The lowest BCUT2D eigenvalue weighted by molar-refractivity contribution is 0.0697. The fourth-order valence-corrected chi connectivity index (χ4v) is 6.67. The Kier molecular flexibility index (Phi) is 5.06. The van der Waals surface area contributed by atoms with Crippen molar-refractivity contribution < 1.29 is 14.6 Å². The van der Waals surface area contributed by atoms with Crippen molar-refractivity contribution >= 4 is 23.3 Å². The number of aromatic carboxylic acids is 1. The number of anilines is 1. The van der Waals surface area contributed by atoms with Gasteiger partial charge in [0.15, 0.2) is 0 Å². The van der Waals surface area contributed by atoms with Crippen molar-refractivity contribution in [2.24, 2.45) is 17.8 Å². The van der Waals surface area contributed by atoms with Crippen LogP contribution in [-0.4, -0.2) is 11.1 Å². The molecule has 0 saturated heterocycles. The number of benzene rings is 3. The van der Waals surface area contributed by atoms with E-state index in [9.17, 15) is 9.90 Å². The van der Waals surface area contributed by atoms with E-state index in [1.54, 1.807) is 6.07 Å². The van der Waals surface area contributed by atoms with Crippen molar-refractivity contribution in [1.82, 2.24) is 0 Å². The van der Waals surface area contributed by atoms with Crippen molar-refractivity contribution in [2.45, 2.75) is 37.8 Å². The SMILES string of the molecule is O=C(O)c1cccc2c1N[C@H](c1ccc(OCc3ccc(Cl)cc3)cc1)[C@@H]1[C@H]3CC[C@@H](C3)[C@@H]21. The third-order valence-corrected chi connectivity index (χ3v) is 8.16.